The molecule has 0 fully saturated rings. The lowest BCUT2D eigenvalue weighted by Crippen LogP contribution is -2.00. The Balaban J connectivity index is 1.52. The third-order valence-corrected chi connectivity index (χ3v) is 3.53. The second-order valence-electron chi connectivity index (χ2n) is 4.23. The van der Waals surface area contributed by atoms with Crippen LogP contribution in [0.1, 0.15) is 5.82 Å². The lowest BCUT2D eigenvalue weighted by molar-refractivity contribution is 0.262. The molecule has 4 rings (SSSR count). The molecule has 0 bridgehead atoms. The van der Waals surface area contributed by atoms with Gasteiger partial charge in [-0.25, -0.2) is 0 Å². The molecule has 0 aliphatic rings. The van der Waals surface area contributed by atoms with Gasteiger partial charge in [-0.1, -0.05) is 16.3 Å². The highest BCUT2D eigenvalue weighted by Crippen LogP contribution is 2.20. The van der Waals surface area contributed by atoms with Crippen molar-refractivity contribution in [2.24, 2.45) is 0 Å². The van der Waals surface area contributed by atoms with Crippen molar-refractivity contribution in [2.45, 2.75) is 6.61 Å². The van der Waals surface area contributed by atoms with Crippen LogP contribution >= 0.6 is 11.3 Å². The van der Waals surface area contributed by atoms with E-state index < -0.39 is 0 Å². The molecule has 0 aliphatic carbocycles. The van der Waals surface area contributed by atoms with Crippen LogP contribution in [0.3, 0.4) is 0 Å². The average molecular weight is 299 g/mol. The molecule has 21 heavy (non-hydrogen) atoms. The fraction of sp³-hybridized carbons (Fsp3) is 0.0769. The Morgan fingerprint density at radius 2 is 2.24 bits per heavy atom. The van der Waals surface area contributed by atoms with E-state index in [1.54, 1.807) is 15.7 Å². The zero-order valence-electron chi connectivity index (χ0n) is 10.7. The van der Waals surface area contributed by atoms with Crippen LogP contribution in [0.4, 0.5) is 0 Å². The minimum absolute atomic E-state index is 0.170. The molecule has 4 aromatic heterocycles. The Kier molecular flexibility index (Phi) is 2.86. The molecule has 0 aromatic carbocycles. The van der Waals surface area contributed by atoms with E-state index in [0.29, 0.717) is 17.7 Å². The van der Waals surface area contributed by atoms with Crippen molar-refractivity contribution in [1.82, 2.24) is 24.7 Å². The van der Waals surface area contributed by atoms with Gasteiger partial charge >= 0.3 is 6.01 Å². The van der Waals surface area contributed by atoms with Crippen molar-refractivity contribution in [3.05, 3.63) is 47.0 Å². The number of aromatic nitrogens is 5. The first-order chi connectivity index (χ1) is 10.4. The lowest BCUT2D eigenvalue weighted by atomic mass is 10.3. The van der Waals surface area contributed by atoms with Gasteiger partial charge in [-0.3, -0.25) is 4.40 Å². The zero-order chi connectivity index (χ0) is 14.1. The van der Waals surface area contributed by atoms with E-state index >= 15 is 0 Å². The Morgan fingerprint density at radius 3 is 3.14 bits per heavy atom. The molecule has 4 heterocycles. The molecule has 0 saturated heterocycles. The molecule has 7 nitrogen and oxygen atoms in total. The Labute approximate surface area is 122 Å². The SMILES string of the molecule is c1ccn2c(OCc3noc(-c4ccsc4)n3)nnc2c1. The molecule has 104 valence electrons. The van der Waals surface area contributed by atoms with Crippen LogP contribution in [0.2, 0.25) is 0 Å². The molecular weight excluding hydrogens is 290 g/mol. The van der Waals surface area contributed by atoms with Gasteiger partial charge in [0.2, 0.25) is 5.82 Å². The van der Waals surface area contributed by atoms with Crippen LogP contribution in [0.25, 0.3) is 17.1 Å². The van der Waals surface area contributed by atoms with Gasteiger partial charge in [-0.15, -0.1) is 5.10 Å². The summed E-state index contributed by atoms with van der Waals surface area (Å²) in [6.07, 6.45) is 1.83. The van der Waals surface area contributed by atoms with Gasteiger partial charge in [0.05, 0.1) is 5.56 Å². The van der Waals surface area contributed by atoms with Gasteiger partial charge in [-0.2, -0.15) is 16.3 Å². The normalized spacial score (nSPS) is 11.0. The summed E-state index contributed by atoms with van der Waals surface area (Å²) in [6.45, 7) is 0.170. The van der Waals surface area contributed by atoms with Crippen molar-refractivity contribution >= 4 is 17.0 Å². The molecule has 0 aliphatic heterocycles. The molecule has 0 N–H and O–H groups in total. The van der Waals surface area contributed by atoms with E-state index in [2.05, 4.69) is 20.3 Å². The Hall–Kier alpha value is -2.74. The number of nitrogens with zero attached hydrogens (tertiary/aromatic N) is 5. The summed E-state index contributed by atoms with van der Waals surface area (Å²) >= 11 is 1.58. The van der Waals surface area contributed by atoms with Crippen molar-refractivity contribution in [1.29, 1.82) is 0 Å². The van der Waals surface area contributed by atoms with Gasteiger partial charge in [0.15, 0.2) is 12.3 Å². The van der Waals surface area contributed by atoms with Crippen molar-refractivity contribution in [3.8, 4) is 17.5 Å². The van der Waals surface area contributed by atoms with Crippen molar-refractivity contribution in [3.63, 3.8) is 0 Å². The van der Waals surface area contributed by atoms with Gasteiger partial charge < -0.3 is 9.26 Å². The van der Waals surface area contributed by atoms with E-state index in [0.717, 1.165) is 11.2 Å². The summed E-state index contributed by atoms with van der Waals surface area (Å²) in [5.41, 5.74) is 1.63. The fourth-order valence-electron chi connectivity index (χ4n) is 1.86. The fourth-order valence-corrected chi connectivity index (χ4v) is 2.49. The highest BCUT2D eigenvalue weighted by Gasteiger charge is 2.11. The smallest absolute Gasteiger partial charge is 0.321 e. The third kappa shape index (κ3) is 2.25. The van der Waals surface area contributed by atoms with Crippen LogP contribution in [0.5, 0.6) is 6.01 Å². The molecular formula is C13H9N5O2S. The predicted molar refractivity (Wildman–Crippen MR) is 74.9 cm³/mol. The Morgan fingerprint density at radius 1 is 1.24 bits per heavy atom. The quantitative estimate of drug-likeness (QED) is 0.576. The summed E-state index contributed by atoms with van der Waals surface area (Å²) in [7, 11) is 0. The minimum Gasteiger partial charge on any atom is -0.455 e. The van der Waals surface area contributed by atoms with E-state index in [1.807, 2.05) is 41.2 Å². The maximum Gasteiger partial charge on any atom is 0.321 e. The monoisotopic (exact) mass is 299 g/mol. The number of rotatable bonds is 4. The van der Waals surface area contributed by atoms with Gasteiger partial charge in [0.1, 0.15) is 0 Å². The van der Waals surface area contributed by atoms with Crippen LogP contribution in [-0.4, -0.2) is 24.7 Å². The van der Waals surface area contributed by atoms with Crippen LogP contribution < -0.4 is 4.74 Å². The highest BCUT2D eigenvalue weighted by molar-refractivity contribution is 7.08. The lowest BCUT2D eigenvalue weighted by Gasteiger charge is -1.99. The Bertz CT molecular complexity index is 868. The van der Waals surface area contributed by atoms with Crippen molar-refractivity contribution < 1.29 is 9.26 Å². The van der Waals surface area contributed by atoms with Crippen molar-refractivity contribution in [2.75, 3.05) is 0 Å². The molecule has 0 amide bonds. The molecule has 0 spiro atoms. The number of hydrogen-bond donors (Lipinski definition) is 0. The maximum absolute atomic E-state index is 5.58. The topological polar surface area (TPSA) is 78.3 Å². The summed E-state index contributed by atoms with van der Waals surface area (Å²) in [5, 5.41) is 15.8. The first-order valence-electron chi connectivity index (χ1n) is 6.18. The van der Waals surface area contributed by atoms with Gasteiger partial charge in [0, 0.05) is 11.6 Å². The van der Waals surface area contributed by atoms with Crippen LogP contribution in [-0.2, 0) is 6.61 Å². The van der Waals surface area contributed by atoms with Gasteiger partial charge in [-0.05, 0) is 23.6 Å². The van der Waals surface area contributed by atoms with E-state index in [4.69, 9.17) is 9.26 Å². The average Bonchev–Trinajstić information content (AvgIpc) is 3.25. The molecule has 0 saturated carbocycles. The summed E-state index contributed by atoms with van der Waals surface area (Å²) in [4.78, 5) is 4.28. The number of thiophene rings is 1. The first-order valence-corrected chi connectivity index (χ1v) is 7.12. The summed E-state index contributed by atoms with van der Waals surface area (Å²) in [6, 6.07) is 7.94. The molecule has 0 unspecified atom stereocenters. The van der Waals surface area contributed by atoms with E-state index in [-0.39, 0.29) is 6.61 Å². The molecule has 0 radical (unpaired) electrons. The van der Waals surface area contributed by atoms with E-state index in [9.17, 15) is 0 Å². The minimum atomic E-state index is 0.170. The maximum atomic E-state index is 5.58. The third-order valence-electron chi connectivity index (χ3n) is 2.85. The van der Waals surface area contributed by atoms with Crippen LogP contribution in [0.15, 0.2) is 45.7 Å². The number of hydrogen-bond acceptors (Lipinski definition) is 7. The second-order valence-corrected chi connectivity index (χ2v) is 5.01. The number of fused-ring (bicyclic) bond motifs is 1. The second kappa shape index (κ2) is 4.98. The standard InChI is InChI=1S/C13H9N5O2S/c1-2-5-18-11(3-1)15-16-13(18)19-7-10-14-12(20-17-10)9-4-6-21-8-9/h1-6,8H,7H2. The predicted octanol–water partition coefficient (Wildman–Crippen LogP) is 2.42. The van der Waals surface area contributed by atoms with E-state index in [1.165, 1.54) is 0 Å². The van der Waals surface area contributed by atoms with Crippen LogP contribution in [0, 0.1) is 0 Å². The summed E-state index contributed by atoms with van der Waals surface area (Å²) in [5.74, 6) is 0.949. The summed E-state index contributed by atoms with van der Waals surface area (Å²) < 4.78 is 12.5. The molecule has 0 atom stereocenters. The molecule has 8 heteroatoms. The first kappa shape index (κ1) is 12.0. The molecule has 4 aromatic rings. The largest absolute Gasteiger partial charge is 0.455 e. The zero-order valence-corrected chi connectivity index (χ0v) is 11.5. The number of ether oxygens (including phenoxy) is 1. The number of pyridine rings is 1. The van der Waals surface area contributed by atoms with Gasteiger partial charge in [0.25, 0.3) is 5.89 Å². The highest BCUT2D eigenvalue weighted by atomic mass is 32.1.